The summed E-state index contributed by atoms with van der Waals surface area (Å²) in [5.74, 6) is 1.79. The topological polar surface area (TPSA) is 49.7 Å². The Morgan fingerprint density at radius 1 is 0.457 bits per heavy atom. The van der Waals surface area contributed by atoms with E-state index < -0.39 is 0 Å². The summed E-state index contributed by atoms with van der Waals surface area (Å²) in [6, 6.07) is 17.3. The maximum absolute atomic E-state index is 5.94. The predicted octanol–water partition coefficient (Wildman–Crippen LogP) is 11.8. The van der Waals surface area contributed by atoms with Crippen LogP contribution in [0.15, 0.2) is 58.8 Å². The molecule has 0 aromatic heterocycles. The van der Waals surface area contributed by atoms with E-state index in [1.54, 1.807) is 0 Å². The molecule has 0 radical (unpaired) electrons. The molecule has 2 unspecified atom stereocenters. The molecule has 0 aliphatic carbocycles. The van der Waals surface area contributed by atoms with Crippen molar-refractivity contribution in [3.05, 3.63) is 48.5 Å². The third-order valence-electron chi connectivity index (χ3n) is 9.26. The van der Waals surface area contributed by atoms with Gasteiger partial charge in [0.1, 0.15) is 11.5 Å². The second-order valence-electron chi connectivity index (χ2n) is 13.5. The zero-order valence-corrected chi connectivity index (χ0v) is 30.5. The van der Waals surface area contributed by atoms with Gasteiger partial charge < -0.3 is 19.3 Å². The van der Waals surface area contributed by atoms with Gasteiger partial charge >= 0.3 is 0 Å². The maximum Gasteiger partial charge on any atom is 0.119 e. The van der Waals surface area contributed by atoms with Gasteiger partial charge in [0, 0.05) is 12.1 Å². The van der Waals surface area contributed by atoms with Gasteiger partial charge in [-0.05, 0) is 115 Å². The molecular formula is C40H68N4O2. The number of ether oxygens (including phenoxy) is 2. The molecule has 46 heavy (non-hydrogen) atoms. The number of rotatable bonds is 28. The monoisotopic (exact) mass is 637 g/mol. The van der Waals surface area contributed by atoms with E-state index in [1.165, 1.54) is 103 Å². The lowest BCUT2D eigenvalue weighted by atomic mass is 10.0. The molecule has 0 saturated heterocycles. The zero-order valence-electron chi connectivity index (χ0n) is 30.5. The van der Waals surface area contributed by atoms with Crippen molar-refractivity contribution in [2.45, 2.75) is 142 Å². The van der Waals surface area contributed by atoms with E-state index >= 15 is 0 Å². The first-order valence-electron chi connectivity index (χ1n) is 18.6. The Hall–Kier alpha value is -2.44. The first kappa shape index (κ1) is 39.7. The third-order valence-corrected chi connectivity index (χ3v) is 9.26. The summed E-state index contributed by atoms with van der Waals surface area (Å²) in [5, 5.41) is 8.78. The van der Waals surface area contributed by atoms with Crippen LogP contribution in [0, 0.1) is 0 Å². The van der Waals surface area contributed by atoms with Crippen molar-refractivity contribution < 1.29 is 9.47 Å². The zero-order chi connectivity index (χ0) is 33.2. The van der Waals surface area contributed by atoms with Crippen LogP contribution in [0.3, 0.4) is 0 Å². The van der Waals surface area contributed by atoms with Gasteiger partial charge in [-0.25, -0.2) is 0 Å². The first-order chi connectivity index (χ1) is 22.4. The molecule has 2 atom stereocenters. The highest BCUT2D eigenvalue weighted by atomic mass is 16.5. The highest BCUT2D eigenvalue weighted by Crippen LogP contribution is 2.24. The van der Waals surface area contributed by atoms with Gasteiger partial charge in [0.05, 0.1) is 24.6 Å². The van der Waals surface area contributed by atoms with Crippen LogP contribution < -0.4 is 9.47 Å². The van der Waals surface area contributed by atoms with E-state index in [-0.39, 0.29) is 0 Å². The van der Waals surface area contributed by atoms with Crippen molar-refractivity contribution in [1.82, 2.24) is 9.80 Å². The van der Waals surface area contributed by atoms with Crippen molar-refractivity contribution in [3.8, 4) is 11.5 Å². The van der Waals surface area contributed by atoms with Gasteiger partial charge in [0.15, 0.2) is 0 Å². The molecule has 2 aromatic carbocycles. The van der Waals surface area contributed by atoms with Crippen LogP contribution in [0.2, 0.25) is 0 Å². The lowest BCUT2D eigenvalue weighted by Crippen LogP contribution is -2.26. The second-order valence-corrected chi connectivity index (χ2v) is 13.5. The van der Waals surface area contributed by atoms with Crippen LogP contribution in [0.25, 0.3) is 0 Å². The van der Waals surface area contributed by atoms with E-state index in [1.807, 2.05) is 48.5 Å². The van der Waals surface area contributed by atoms with Crippen LogP contribution in [0.5, 0.6) is 11.5 Å². The summed E-state index contributed by atoms with van der Waals surface area (Å²) in [6.07, 6.45) is 23.3. The average Bonchev–Trinajstić information content (AvgIpc) is 3.06. The molecule has 0 N–H and O–H groups in total. The molecule has 6 nitrogen and oxygen atoms in total. The SMILES string of the molecule is CCC(CCCCCCCCCOc1ccc(N=Nc2ccc(OCCCCCCCCCC(CC)N(C)C)cc2)cc1)N(C)C. The summed E-state index contributed by atoms with van der Waals surface area (Å²) in [4.78, 5) is 4.74. The Morgan fingerprint density at radius 2 is 0.761 bits per heavy atom. The van der Waals surface area contributed by atoms with Gasteiger partial charge in [0.25, 0.3) is 0 Å². The lowest BCUT2D eigenvalue weighted by molar-refractivity contribution is 0.264. The minimum absolute atomic E-state index is 0.745. The minimum Gasteiger partial charge on any atom is -0.494 e. The number of hydrogen-bond donors (Lipinski definition) is 0. The van der Waals surface area contributed by atoms with E-state index in [4.69, 9.17) is 9.47 Å². The van der Waals surface area contributed by atoms with E-state index in [9.17, 15) is 0 Å². The number of azo groups is 1. The quantitative estimate of drug-likeness (QED) is 0.0689. The maximum atomic E-state index is 5.94. The highest BCUT2D eigenvalue weighted by molar-refractivity contribution is 5.44. The Kier molecular flexibility index (Phi) is 22.1. The van der Waals surface area contributed by atoms with Crippen molar-refractivity contribution in [2.24, 2.45) is 10.2 Å². The standard InChI is InChI=1S/C40H68N4O2/c1-7-37(43(3)4)23-19-15-11-9-13-17-21-33-45-39-29-25-35(26-30-39)41-42-36-27-31-40(32-28-36)46-34-22-18-14-10-12-16-20-24-38(8-2)44(5)6/h25-32,37-38H,7-24,33-34H2,1-6H3. The lowest BCUT2D eigenvalue weighted by Gasteiger charge is -2.22. The molecule has 260 valence electrons. The van der Waals surface area contributed by atoms with Gasteiger partial charge in [-0.15, -0.1) is 0 Å². The summed E-state index contributed by atoms with van der Waals surface area (Å²) in [6.45, 7) is 6.13. The molecule has 2 aromatic rings. The number of unbranched alkanes of at least 4 members (excludes halogenated alkanes) is 12. The molecule has 0 bridgehead atoms. The predicted molar refractivity (Wildman–Crippen MR) is 197 cm³/mol. The fraction of sp³-hybridized carbons (Fsp3) is 0.700. The Bertz CT molecular complexity index is 925. The smallest absolute Gasteiger partial charge is 0.119 e. The van der Waals surface area contributed by atoms with Gasteiger partial charge in [-0.1, -0.05) is 90.9 Å². The highest BCUT2D eigenvalue weighted by Gasteiger charge is 2.08. The Morgan fingerprint density at radius 3 is 1.07 bits per heavy atom. The van der Waals surface area contributed by atoms with Crippen LogP contribution in [-0.4, -0.2) is 63.3 Å². The van der Waals surface area contributed by atoms with Crippen molar-refractivity contribution in [3.63, 3.8) is 0 Å². The fourth-order valence-electron chi connectivity index (χ4n) is 6.10. The van der Waals surface area contributed by atoms with E-state index in [2.05, 4.69) is 62.1 Å². The largest absolute Gasteiger partial charge is 0.494 e. The van der Waals surface area contributed by atoms with Crippen molar-refractivity contribution in [2.75, 3.05) is 41.4 Å². The molecule has 0 saturated carbocycles. The summed E-state index contributed by atoms with van der Waals surface area (Å²) in [5.41, 5.74) is 1.64. The van der Waals surface area contributed by atoms with E-state index in [0.29, 0.717) is 0 Å². The van der Waals surface area contributed by atoms with Crippen LogP contribution in [0.1, 0.15) is 129 Å². The Balaban J connectivity index is 1.49. The molecule has 0 aliphatic rings. The molecule has 0 fully saturated rings. The number of benzene rings is 2. The van der Waals surface area contributed by atoms with Crippen molar-refractivity contribution in [1.29, 1.82) is 0 Å². The summed E-state index contributed by atoms with van der Waals surface area (Å²) >= 11 is 0. The fourth-order valence-corrected chi connectivity index (χ4v) is 6.10. The van der Waals surface area contributed by atoms with Gasteiger partial charge in [-0.3, -0.25) is 0 Å². The van der Waals surface area contributed by atoms with Crippen LogP contribution in [-0.2, 0) is 0 Å². The Labute approximate surface area is 283 Å². The summed E-state index contributed by atoms with van der Waals surface area (Å²) in [7, 11) is 8.80. The van der Waals surface area contributed by atoms with E-state index in [0.717, 1.165) is 61.0 Å². The minimum atomic E-state index is 0.745. The molecule has 0 amide bonds. The summed E-state index contributed by atoms with van der Waals surface area (Å²) < 4.78 is 11.9. The molecule has 0 spiro atoms. The first-order valence-corrected chi connectivity index (χ1v) is 18.6. The molecule has 6 heteroatoms. The van der Waals surface area contributed by atoms with Gasteiger partial charge in [0.2, 0.25) is 0 Å². The average molecular weight is 637 g/mol. The number of nitrogens with zero attached hydrogens (tertiary/aromatic N) is 4. The molecule has 0 aliphatic heterocycles. The van der Waals surface area contributed by atoms with Crippen LogP contribution >= 0.6 is 0 Å². The third kappa shape index (κ3) is 18.6. The number of hydrogen-bond acceptors (Lipinski definition) is 6. The molecule has 2 rings (SSSR count). The van der Waals surface area contributed by atoms with Crippen molar-refractivity contribution >= 4 is 11.4 Å². The molecule has 0 heterocycles. The van der Waals surface area contributed by atoms with Gasteiger partial charge in [-0.2, -0.15) is 10.2 Å². The normalized spacial score (nSPS) is 13.1. The second kappa shape index (κ2) is 25.6. The molecular weight excluding hydrogens is 568 g/mol. The van der Waals surface area contributed by atoms with Crippen LogP contribution in [0.4, 0.5) is 11.4 Å².